The number of hydrogen-bond acceptors (Lipinski definition) is 5. The number of allylic oxidation sites excluding steroid dienone is 13. The number of alkyl halides is 1. The number of aliphatic hydroxyl groups excluding tert-OH is 3. The smallest absolute Gasteiger partial charge is 0.158 e. The molecule has 0 saturated carbocycles. The molecule has 1 unspecified atom stereocenters. The standard InChI is InChI=1S/C17H21F.C13H24O2.C12H20.C6H14.C4H10O2.C3H8.C2H4O/c1-5-15-9-7-13(3)11-17(15)16(6-2)10-8-14(4)12-18;1-6-8-9-13(5,7-2)12(15)10(3)11(4)14;1-6-10(3)8-9-12(5)11(4)7-2;1-3-5-6-4-2;1-2-4(6)3-5;1-3-2;1-2-3/h6-11H,4-5,12H2,1-3H3;15H,6-9H2,1-5H3;7-9H,6H2,1-5H3;3-6H2,1-2H3;4-6H,2-3H2,1H3;3H2,1-2H3;2H,1H3/b10-8-,16-6+;12-10-;10-8+,11-7+,12-9-;;;;/t;13-;;;;;/m.1...../s1. The molecule has 0 heterocycles. The molecule has 3 N–H and O–H groups in total. The number of hydrogen-bond donors (Lipinski definition) is 3. The number of carbonyl (C=O) groups is 2. The second kappa shape index (κ2) is 49.4. The van der Waals surface area contributed by atoms with E-state index in [9.17, 15) is 14.3 Å². The minimum Gasteiger partial charge on any atom is -0.511 e. The highest BCUT2D eigenvalue weighted by molar-refractivity contribution is 5.93. The summed E-state index contributed by atoms with van der Waals surface area (Å²) in [5.74, 6) is 0.245. The van der Waals surface area contributed by atoms with Crippen molar-refractivity contribution >= 4 is 17.6 Å². The Morgan fingerprint density at radius 2 is 1.33 bits per heavy atom. The van der Waals surface area contributed by atoms with Gasteiger partial charge in [0.15, 0.2) is 5.78 Å². The van der Waals surface area contributed by atoms with Crippen LogP contribution in [0.3, 0.4) is 0 Å². The quantitative estimate of drug-likeness (QED) is 0.0423. The first-order valence-electron chi connectivity index (χ1n) is 23.9. The number of unbranched alkanes of at least 4 members (excludes halogenated alkanes) is 4. The summed E-state index contributed by atoms with van der Waals surface area (Å²) in [7, 11) is 0. The lowest BCUT2D eigenvalue weighted by atomic mass is 9.78. The lowest BCUT2D eigenvalue weighted by molar-refractivity contribution is -0.114. The van der Waals surface area contributed by atoms with Crippen LogP contribution in [-0.4, -0.2) is 46.8 Å². The molecule has 0 aliphatic carbocycles. The Morgan fingerprint density at radius 1 is 0.825 bits per heavy atom. The monoisotopic (exact) mass is 885 g/mol. The number of aldehydes is 1. The van der Waals surface area contributed by atoms with Crippen molar-refractivity contribution < 1.29 is 29.3 Å². The maximum atomic E-state index is 12.4. The van der Waals surface area contributed by atoms with Crippen molar-refractivity contribution in [1.82, 2.24) is 0 Å². The van der Waals surface area contributed by atoms with Crippen LogP contribution in [-0.2, 0) is 16.0 Å². The number of benzene rings is 1. The summed E-state index contributed by atoms with van der Waals surface area (Å²) >= 11 is 0. The van der Waals surface area contributed by atoms with E-state index >= 15 is 0 Å². The van der Waals surface area contributed by atoms with Crippen LogP contribution < -0.4 is 0 Å². The third-order valence-corrected chi connectivity index (χ3v) is 10.1. The Balaban J connectivity index is -0.000000164. The van der Waals surface area contributed by atoms with Gasteiger partial charge in [0.1, 0.15) is 18.7 Å². The van der Waals surface area contributed by atoms with Crippen LogP contribution in [0.15, 0.2) is 94.9 Å². The van der Waals surface area contributed by atoms with E-state index in [1.807, 2.05) is 26.8 Å². The number of rotatable bonds is 19. The molecule has 0 radical (unpaired) electrons. The van der Waals surface area contributed by atoms with E-state index in [-0.39, 0.29) is 23.6 Å². The Kier molecular flexibility index (Phi) is 55.7. The normalized spacial score (nSPS) is 13.1. The molecule has 1 aromatic rings. The second-order valence-electron chi connectivity index (χ2n) is 16.0. The first-order valence-corrected chi connectivity index (χ1v) is 23.9. The fourth-order valence-electron chi connectivity index (χ4n) is 4.88. The van der Waals surface area contributed by atoms with Crippen molar-refractivity contribution in [3.63, 3.8) is 0 Å². The van der Waals surface area contributed by atoms with Gasteiger partial charge in [-0.05, 0) is 122 Å². The predicted octanol–water partition coefficient (Wildman–Crippen LogP) is 17.3. The van der Waals surface area contributed by atoms with Crippen molar-refractivity contribution in [2.24, 2.45) is 5.41 Å². The molecule has 0 aromatic heterocycles. The summed E-state index contributed by atoms with van der Waals surface area (Å²) in [6.07, 6.45) is 26.1. The van der Waals surface area contributed by atoms with Gasteiger partial charge >= 0.3 is 0 Å². The zero-order valence-corrected chi connectivity index (χ0v) is 44.5. The van der Waals surface area contributed by atoms with E-state index in [0.717, 1.165) is 50.4 Å². The van der Waals surface area contributed by atoms with Gasteiger partial charge in [0.2, 0.25) is 0 Å². The van der Waals surface area contributed by atoms with Gasteiger partial charge in [-0.1, -0.05) is 192 Å². The van der Waals surface area contributed by atoms with Gasteiger partial charge in [-0.3, -0.25) is 4.79 Å². The summed E-state index contributed by atoms with van der Waals surface area (Å²) in [5.41, 5.74) is 9.80. The van der Waals surface area contributed by atoms with Crippen molar-refractivity contribution in [2.45, 2.75) is 215 Å². The summed E-state index contributed by atoms with van der Waals surface area (Å²) in [5, 5.41) is 26.6. The summed E-state index contributed by atoms with van der Waals surface area (Å²) in [6, 6.07) is 6.46. The van der Waals surface area contributed by atoms with E-state index < -0.39 is 12.8 Å². The molecule has 0 bridgehead atoms. The number of aryl methyl sites for hydroxylation is 2. The van der Waals surface area contributed by atoms with Crippen LogP contribution in [0.4, 0.5) is 4.39 Å². The van der Waals surface area contributed by atoms with Crippen molar-refractivity contribution in [1.29, 1.82) is 0 Å². The molecular formula is C57H101FO5. The van der Waals surface area contributed by atoms with Crippen LogP contribution >= 0.6 is 0 Å². The molecule has 6 heteroatoms. The highest BCUT2D eigenvalue weighted by Gasteiger charge is 2.28. The molecule has 366 valence electrons. The molecule has 0 saturated heterocycles. The minimum absolute atomic E-state index is 0.0383. The first kappa shape index (κ1) is 71.0. The molecule has 0 aliphatic heterocycles. The number of Topliss-reactive ketones (excluding diaryl/α,β-unsaturated/α-hetero) is 1. The van der Waals surface area contributed by atoms with Crippen molar-refractivity contribution in [3.8, 4) is 0 Å². The Hall–Kier alpha value is -3.61. The first-order chi connectivity index (χ1) is 29.7. The molecule has 0 spiro atoms. The minimum atomic E-state index is -0.509. The van der Waals surface area contributed by atoms with Gasteiger partial charge < -0.3 is 20.1 Å². The van der Waals surface area contributed by atoms with E-state index in [1.165, 1.54) is 79.4 Å². The zero-order chi connectivity index (χ0) is 50.4. The van der Waals surface area contributed by atoms with Gasteiger partial charge in [-0.2, -0.15) is 0 Å². The second-order valence-corrected chi connectivity index (χ2v) is 16.0. The van der Waals surface area contributed by atoms with Crippen molar-refractivity contribution in [2.75, 3.05) is 13.3 Å². The summed E-state index contributed by atoms with van der Waals surface area (Å²) in [4.78, 5) is 20.0. The topological polar surface area (TPSA) is 94.8 Å². The number of carbonyl (C=O) groups excluding carboxylic acids is 2. The third kappa shape index (κ3) is 42.1. The summed E-state index contributed by atoms with van der Waals surface area (Å²) < 4.78 is 12.4. The largest absolute Gasteiger partial charge is 0.511 e. The maximum Gasteiger partial charge on any atom is 0.158 e. The molecule has 2 atom stereocenters. The summed E-state index contributed by atoms with van der Waals surface area (Å²) in [6.45, 7) is 41.4. The highest BCUT2D eigenvalue weighted by atomic mass is 19.1. The number of ketones is 1. The van der Waals surface area contributed by atoms with Crippen molar-refractivity contribution in [3.05, 3.63) is 112 Å². The lowest BCUT2D eigenvalue weighted by Gasteiger charge is -2.28. The van der Waals surface area contributed by atoms with E-state index in [2.05, 4.69) is 139 Å². The van der Waals surface area contributed by atoms with Gasteiger partial charge in [-0.25, -0.2) is 4.39 Å². The molecule has 1 rings (SSSR count). The van der Waals surface area contributed by atoms with Gasteiger partial charge in [0.25, 0.3) is 0 Å². The van der Waals surface area contributed by atoms with E-state index in [1.54, 1.807) is 13.0 Å². The fraction of sp³-hybridized carbons (Fsp3) is 0.614. The Bertz CT molecular complexity index is 1460. The Morgan fingerprint density at radius 3 is 1.67 bits per heavy atom. The lowest BCUT2D eigenvalue weighted by Crippen LogP contribution is -2.21. The van der Waals surface area contributed by atoms with Crippen LogP contribution in [0.2, 0.25) is 0 Å². The molecule has 1 aromatic carbocycles. The molecule has 0 fully saturated rings. The van der Waals surface area contributed by atoms with Crippen LogP contribution in [0.1, 0.15) is 212 Å². The number of halogens is 1. The van der Waals surface area contributed by atoms with E-state index in [0.29, 0.717) is 17.6 Å². The predicted molar refractivity (Wildman–Crippen MR) is 281 cm³/mol. The van der Waals surface area contributed by atoms with Crippen LogP contribution in [0, 0.1) is 12.3 Å². The van der Waals surface area contributed by atoms with Gasteiger partial charge in [0.05, 0.1) is 12.7 Å². The van der Waals surface area contributed by atoms with Gasteiger partial charge in [0, 0.05) is 11.0 Å². The number of aliphatic hydroxyl groups is 3. The average molecular weight is 885 g/mol. The molecule has 0 aliphatic rings. The maximum absolute atomic E-state index is 12.4. The molecule has 5 nitrogen and oxygen atoms in total. The van der Waals surface area contributed by atoms with Crippen LogP contribution in [0.25, 0.3) is 5.57 Å². The Labute approximate surface area is 390 Å². The highest BCUT2D eigenvalue weighted by Crippen LogP contribution is 2.36. The van der Waals surface area contributed by atoms with Crippen LogP contribution in [0.5, 0.6) is 0 Å². The van der Waals surface area contributed by atoms with E-state index in [4.69, 9.17) is 15.0 Å². The molecular weight excluding hydrogens is 784 g/mol. The molecule has 0 amide bonds. The van der Waals surface area contributed by atoms with Gasteiger partial charge in [-0.15, -0.1) is 0 Å². The third-order valence-electron chi connectivity index (χ3n) is 10.1. The molecule has 63 heavy (non-hydrogen) atoms. The fourth-order valence-corrected chi connectivity index (χ4v) is 4.88. The average Bonchev–Trinajstić information content (AvgIpc) is 3.29. The SMILES string of the molecule is C/C=C(C)/C(C)=C\C=C(/C)CC.C=C(/C=C\C(=C/C)c1cc(C)ccc1CC)CF.CC=O.CCC.CCC(O)CO.CCCCCC.CCCC[C@@](C)(CC)/C(O)=C(\C)C(C)=O. The zero-order valence-electron chi connectivity index (χ0n) is 44.5.